The van der Waals surface area contributed by atoms with E-state index in [0.29, 0.717) is 17.0 Å². The number of aliphatic hydroxyl groups is 1. The number of pyridine rings is 1. The van der Waals surface area contributed by atoms with Gasteiger partial charge in [-0.3, -0.25) is 4.79 Å². The molecule has 3 N–H and O–H groups in total. The van der Waals surface area contributed by atoms with Crippen LogP contribution in [0.2, 0.25) is 0 Å². The van der Waals surface area contributed by atoms with Crippen molar-refractivity contribution in [2.24, 2.45) is 5.41 Å². The van der Waals surface area contributed by atoms with Gasteiger partial charge in [-0.2, -0.15) is 0 Å². The summed E-state index contributed by atoms with van der Waals surface area (Å²) in [6, 6.07) is 5.90. The summed E-state index contributed by atoms with van der Waals surface area (Å²) < 4.78 is 20.4. The molecule has 2 heterocycles. The molecule has 198 valence electrons. The van der Waals surface area contributed by atoms with Crippen molar-refractivity contribution in [3.05, 3.63) is 58.5 Å². The predicted molar refractivity (Wildman–Crippen MR) is 142 cm³/mol. The number of hydrogen-bond donors (Lipinski definition) is 3. The predicted octanol–water partition coefficient (Wildman–Crippen LogP) is 4.23. The van der Waals surface area contributed by atoms with E-state index < -0.39 is 18.0 Å². The molecule has 1 aromatic heterocycles. The molecule has 0 saturated heterocycles. The zero-order valence-electron chi connectivity index (χ0n) is 22.2. The third-order valence-electron chi connectivity index (χ3n) is 7.21. The van der Waals surface area contributed by atoms with Crippen molar-refractivity contribution in [1.82, 2.24) is 15.6 Å². The summed E-state index contributed by atoms with van der Waals surface area (Å²) in [7, 11) is 0. The van der Waals surface area contributed by atoms with E-state index in [9.17, 15) is 14.3 Å². The van der Waals surface area contributed by atoms with Crippen LogP contribution in [0.5, 0.6) is 5.88 Å². The minimum Gasteiger partial charge on any atom is -0.471 e. The molecule has 0 bridgehead atoms. The van der Waals surface area contributed by atoms with E-state index in [1.165, 1.54) is 19.1 Å². The van der Waals surface area contributed by atoms with E-state index in [0.717, 1.165) is 43.2 Å². The summed E-state index contributed by atoms with van der Waals surface area (Å²) in [5, 5.41) is 17.5. The number of nitrogens with one attached hydrogen (secondary N) is 2. The molecule has 1 aliphatic heterocycles. The van der Waals surface area contributed by atoms with Crippen LogP contribution in [0.3, 0.4) is 0 Å². The average Bonchev–Trinajstić information content (AvgIpc) is 2.79. The summed E-state index contributed by atoms with van der Waals surface area (Å²) in [5.74, 6) is 2.40. The highest BCUT2D eigenvalue weighted by atomic mass is 19.1. The molecule has 0 radical (unpaired) electrons. The number of rotatable bonds is 8. The first kappa shape index (κ1) is 27.1. The van der Waals surface area contributed by atoms with E-state index in [-0.39, 0.29) is 35.9 Å². The normalized spacial score (nSPS) is 19.6. The number of fused-ring (bicyclic) bond motifs is 1. The Morgan fingerprint density at radius 2 is 2.05 bits per heavy atom. The zero-order valence-corrected chi connectivity index (χ0v) is 22.2. The molecule has 1 spiro atoms. The SMILES string of the molecule is C#Cc1cc(F)cc(C[C@H](NC(C)=O)[C@H](O)CN[C@H]2CC3(CCC3)Oc3ncc(CC(C)(C)C)cc32)c1. The third-order valence-corrected chi connectivity index (χ3v) is 7.21. The van der Waals surface area contributed by atoms with Gasteiger partial charge in [-0.05, 0) is 72.9 Å². The number of aromatic nitrogens is 1. The standard InChI is InChI=1S/C30H38FN3O3/c1-6-20-10-21(12-23(31)11-20)14-25(34-19(2)35)27(36)18-32-26-16-30(8-7-9-30)37-28-24(26)13-22(17-33-28)15-29(3,4)5/h1,10-13,17,25-27,32,36H,7-9,14-16,18H2,2-5H3,(H,34,35)/t25-,26-,27+/m0/s1. The van der Waals surface area contributed by atoms with E-state index in [1.54, 1.807) is 6.07 Å². The highest BCUT2D eigenvalue weighted by molar-refractivity contribution is 5.73. The number of nitrogens with zero attached hydrogens (tertiary/aromatic N) is 1. The van der Waals surface area contributed by atoms with E-state index in [2.05, 4.69) is 48.4 Å². The number of hydrogen-bond acceptors (Lipinski definition) is 5. The van der Waals surface area contributed by atoms with Gasteiger partial charge in [0.1, 0.15) is 11.4 Å². The molecule has 0 unspecified atom stereocenters. The molecule has 2 aromatic rings. The minimum atomic E-state index is -0.907. The van der Waals surface area contributed by atoms with Crippen LogP contribution in [0.25, 0.3) is 0 Å². The van der Waals surface area contributed by atoms with Gasteiger partial charge in [-0.15, -0.1) is 6.42 Å². The number of carbonyl (C=O) groups is 1. The van der Waals surface area contributed by atoms with E-state index in [4.69, 9.17) is 11.2 Å². The summed E-state index contributed by atoms with van der Waals surface area (Å²) >= 11 is 0. The number of terminal acetylenes is 1. The van der Waals surface area contributed by atoms with Crippen LogP contribution in [0, 0.1) is 23.6 Å². The minimum absolute atomic E-state index is 0.0358. The first-order chi connectivity index (χ1) is 17.4. The molecule has 6 nitrogen and oxygen atoms in total. The summed E-state index contributed by atoms with van der Waals surface area (Å²) in [4.78, 5) is 16.6. The molecule has 3 atom stereocenters. The maximum atomic E-state index is 14.0. The monoisotopic (exact) mass is 507 g/mol. The summed E-state index contributed by atoms with van der Waals surface area (Å²) in [6.45, 7) is 8.25. The van der Waals surface area contributed by atoms with Gasteiger partial charge in [0, 0.05) is 43.3 Å². The van der Waals surface area contributed by atoms with Gasteiger partial charge in [-0.25, -0.2) is 9.37 Å². The number of ether oxygens (including phenoxy) is 1. The fourth-order valence-electron chi connectivity index (χ4n) is 5.40. The molecule has 4 rings (SSSR count). The molecule has 7 heteroatoms. The van der Waals surface area contributed by atoms with Crippen molar-refractivity contribution in [2.45, 2.75) is 90.0 Å². The zero-order chi connectivity index (χ0) is 26.8. The second-order valence-electron chi connectivity index (χ2n) is 11.8. The number of aliphatic hydroxyl groups excluding tert-OH is 1. The van der Waals surface area contributed by atoms with Crippen LogP contribution in [0.4, 0.5) is 4.39 Å². The van der Waals surface area contributed by atoms with Gasteiger partial charge in [0.25, 0.3) is 0 Å². The van der Waals surface area contributed by atoms with Crippen molar-refractivity contribution in [3.63, 3.8) is 0 Å². The van der Waals surface area contributed by atoms with E-state index in [1.807, 2.05) is 6.20 Å². The largest absolute Gasteiger partial charge is 0.471 e. The lowest BCUT2D eigenvalue weighted by atomic mass is 9.73. The van der Waals surface area contributed by atoms with Gasteiger partial charge >= 0.3 is 0 Å². The van der Waals surface area contributed by atoms with Gasteiger partial charge in [0.2, 0.25) is 11.8 Å². The topological polar surface area (TPSA) is 83.5 Å². The molecular weight excluding hydrogens is 469 g/mol. The van der Waals surface area contributed by atoms with E-state index >= 15 is 0 Å². The Morgan fingerprint density at radius 1 is 1.30 bits per heavy atom. The lowest BCUT2D eigenvalue weighted by molar-refractivity contribution is -0.120. The first-order valence-corrected chi connectivity index (χ1v) is 13.1. The van der Waals surface area contributed by atoms with Crippen molar-refractivity contribution in [3.8, 4) is 18.2 Å². The molecule has 37 heavy (non-hydrogen) atoms. The van der Waals surface area contributed by atoms with Gasteiger partial charge in [0.15, 0.2) is 0 Å². The number of benzene rings is 1. The molecule has 2 aliphatic rings. The molecule has 1 saturated carbocycles. The first-order valence-electron chi connectivity index (χ1n) is 13.1. The Hall–Kier alpha value is -2.95. The van der Waals surface area contributed by atoms with Gasteiger partial charge < -0.3 is 20.5 Å². The van der Waals surface area contributed by atoms with Crippen LogP contribution in [0.1, 0.15) is 81.7 Å². The smallest absolute Gasteiger partial charge is 0.218 e. The Balaban J connectivity index is 1.52. The second kappa shape index (κ2) is 10.8. The fraction of sp³-hybridized carbons (Fsp3) is 0.533. The van der Waals surface area contributed by atoms with Crippen molar-refractivity contribution < 1.29 is 19.0 Å². The van der Waals surface area contributed by atoms with Crippen LogP contribution < -0.4 is 15.4 Å². The number of halogens is 1. The van der Waals surface area contributed by atoms with Crippen molar-refractivity contribution >= 4 is 5.91 Å². The number of carbonyl (C=O) groups excluding carboxylic acids is 1. The van der Waals surface area contributed by atoms with Crippen molar-refractivity contribution in [1.29, 1.82) is 0 Å². The molecular formula is C30H38FN3O3. The fourth-order valence-corrected chi connectivity index (χ4v) is 5.40. The molecule has 1 aromatic carbocycles. The van der Waals surface area contributed by atoms with Gasteiger partial charge in [-0.1, -0.05) is 26.7 Å². The molecule has 1 fully saturated rings. The second-order valence-corrected chi connectivity index (χ2v) is 11.8. The van der Waals surface area contributed by atoms with Gasteiger partial charge in [0.05, 0.1) is 12.1 Å². The Labute approximate surface area is 219 Å². The Morgan fingerprint density at radius 3 is 2.68 bits per heavy atom. The maximum absolute atomic E-state index is 14.0. The van der Waals surface area contributed by atoms with Crippen molar-refractivity contribution in [2.75, 3.05) is 6.54 Å². The lowest BCUT2D eigenvalue weighted by Gasteiger charge is -2.47. The Bertz CT molecular complexity index is 1180. The van der Waals surface area contributed by atoms with Crippen LogP contribution in [-0.4, -0.2) is 40.3 Å². The molecule has 1 aliphatic carbocycles. The summed E-state index contributed by atoms with van der Waals surface area (Å²) in [5.41, 5.74) is 3.11. The maximum Gasteiger partial charge on any atom is 0.218 e. The number of amides is 1. The highest BCUT2D eigenvalue weighted by Gasteiger charge is 2.46. The van der Waals surface area contributed by atoms with Crippen LogP contribution >= 0.6 is 0 Å². The summed E-state index contributed by atoms with van der Waals surface area (Å²) in [6.07, 6.45) is 11.5. The highest BCUT2D eigenvalue weighted by Crippen LogP contribution is 2.48. The molecule has 1 amide bonds. The lowest BCUT2D eigenvalue weighted by Crippen LogP contribution is -2.52. The Kier molecular flexibility index (Phi) is 7.91. The van der Waals surface area contributed by atoms with Crippen LogP contribution in [0.15, 0.2) is 30.5 Å². The average molecular weight is 508 g/mol. The quantitative estimate of drug-likeness (QED) is 0.466. The third kappa shape index (κ3) is 6.88. The van der Waals surface area contributed by atoms with Crippen LogP contribution in [-0.2, 0) is 17.6 Å².